The van der Waals surface area contributed by atoms with E-state index in [1.165, 1.54) is 38.5 Å². The van der Waals surface area contributed by atoms with Gasteiger partial charge in [-0.2, -0.15) is 0 Å². The van der Waals surface area contributed by atoms with Gasteiger partial charge in [0.2, 0.25) is 0 Å². The molecule has 0 radical (unpaired) electrons. The molecule has 0 saturated carbocycles. The number of unbranched alkanes of at least 4 members (excludes halogenated alkanes) is 6. The molecular formula is C23H38O3S2. The topological polar surface area (TPSA) is 35.5 Å². The van der Waals surface area contributed by atoms with Crippen molar-refractivity contribution in [2.45, 2.75) is 65.2 Å². The highest BCUT2D eigenvalue weighted by Gasteiger charge is 2.15. The average Bonchev–Trinajstić information content (AvgIpc) is 3.31. The first-order valence-electron chi connectivity index (χ1n) is 10.8. The summed E-state index contributed by atoms with van der Waals surface area (Å²) in [5, 5.41) is 8.64. The maximum absolute atomic E-state index is 12.5. The molecule has 2 heterocycles. The molecule has 0 saturated heterocycles. The lowest BCUT2D eigenvalue weighted by Gasteiger charge is -2.12. The number of carbonyl (C=O) groups is 1. The highest BCUT2D eigenvalue weighted by Crippen LogP contribution is 2.40. The second-order valence-corrected chi connectivity index (χ2v) is 11.2. The lowest BCUT2D eigenvalue weighted by Crippen LogP contribution is -2.08. The summed E-state index contributed by atoms with van der Waals surface area (Å²) in [7, 11) is -0.962. The first-order chi connectivity index (χ1) is 13.7. The molecule has 2 aliphatic heterocycles. The van der Waals surface area contributed by atoms with E-state index in [-0.39, 0.29) is 0 Å². The molecular weight excluding hydrogens is 388 g/mol. The van der Waals surface area contributed by atoms with Gasteiger partial charge in [-0.3, -0.25) is 4.79 Å². The molecule has 0 aromatic rings. The van der Waals surface area contributed by atoms with Crippen LogP contribution in [0.3, 0.4) is 0 Å². The zero-order chi connectivity index (χ0) is 20.0. The minimum atomic E-state index is -0.481. The maximum Gasteiger partial charge on any atom is 0.150 e. The second kappa shape index (κ2) is 14.0. The van der Waals surface area contributed by atoms with Gasteiger partial charge in [-0.05, 0) is 46.6 Å². The molecule has 0 bridgehead atoms. The lowest BCUT2D eigenvalue weighted by molar-refractivity contribution is -0.114. The van der Waals surface area contributed by atoms with Gasteiger partial charge in [-0.25, -0.2) is 21.8 Å². The third kappa shape index (κ3) is 9.42. The summed E-state index contributed by atoms with van der Waals surface area (Å²) in [6.45, 7) is 6.01. The van der Waals surface area contributed by atoms with Gasteiger partial charge < -0.3 is 9.47 Å². The Morgan fingerprint density at radius 2 is 1.21 bits per heavy atom. The summed E-state index contributed by atoms with van der Waals surface area (Å²) in [4.78, 5) is 12.5. The second-order valence-electron chi connectivity index (χ2n) is 7.40. The Bertz CT molecular complexity index is 543. The molecule has 0 spiro atoms. The van der Waals surface area contributed by atoms with Crippen molar-refractivity contribution in [3.05, 3.63) is 45.3 Å². The van der Waals surface area contributed by atoms with Crippen LogP contribution in [0.5, 0.6) is 0 Å². The number of ketones is 1. The molecule has 28 heavy (non-hydrogen) atoms. The van der Waals surface area contributed by atoms with Crippen molar-refractivity contribution in [3.63, 3.8) is 0 Å². The zero-order valence-electron chi connectivity index (χ0n) is 17.6. The zero-order valence-corrected chi connectivity index (χ0v) is 19.4. The minimum absolute atomic E-state index is 0.354. The summed E-state index contributed by atoms with van der Waals surface area (Å²) < 4.78 is 11.6. The normalized spacial score (nSPS) is 22.9. The number of Topliss-reactive ketones (excluding diaryl/α,β-unsaturated/α-hetero) is 1. The van der Waals surface area contributed by atoms with Gasteiger partial charge in [0.25, 0.3) is 0 Å². The van der Waals surface area contributed by atoms with E-state index in [1.54, 1.807) is 0 Å². The number of hydrogen-bond acceptors (Lipinski definition) is 3. The Hall–Kier alpha value is -1.07. The summed E-state index contributed by atoms with van der Waals surface area (Å²) in [5.41, 5.74) is 0. The van der Waals surface area contributed by atoms with Crippen LogP contribution in [-0.2, 0) is 14.3 Å². The van der Waals surface area contributed by atoms with Crippen LogP contribution >= 0.6 is 21.8 Å². The van der Waals surface area contributed by atoms with Crippen molar-refractivity contribution in [1.82, 2.24) is 0 Å². The van der Waals surface area contributed by atoms with Crippen LogP contribution in [0.2, 0.25) is 0 Å². The summed E-state index contributed by atoms with van der Waals surface area (Å²) in [5.74, 6) is 3.55. The van der Waals surface area contributed by atoms with E-state index in [2.05, 4.69) is 35.5 Å². The quantitative estimate of drug-likeness (QED) is 0.219. The first kappa shape index (κ1) is 23.2. The van der Waals surface area contributed by atoms with E-state index in [0.717, 1.165) is 37.6 Å². The molecule has 2 unspecified atom stereocenters. The molecule has 0 aromatic heterocycles. The van der Waals surface area contributed by atoms with Crippen molar-refractivity contribution in [3.8, 4) is 0 Å². The fourth-order valence-electron chi connectivity index (χ4n) is 3.10. The van der Waals surface area contributed by atoms with Crippen molar-refractivity contribution < 1.29 is 14.3 Å². The average molecular weight is 427 g/mol. The summed E-state index contributed by atoms with van der Waals surface area (Å²) in [6, 6.07) is 0. The Morgan fingerprint density at radius 3 is 1.64 bits per heavy atom. The number of carbonyl (C=O) groups excluding carboxylic acids is 1. The Labute approximate surface area is 177 Å². The van der Waals surface area contributed by atoms with E-state index in [0.29, 0.717) is 17.3 Å². The number of allylic oxidation sites excluding steroid dienone is 2. The molecule has 0 aromatic carbocycles. The summed E-state index contributed by atoms with van der Waals surface area (Å²) in [6.07, 6.45) is 13.8. The molecule has 3 nitrogen and oxygen atoms in total. The molecule has 2 aliphatic rings. The highest BCUT2D eigenvalue weighted by atomic mass is 32.2. The monoisotopic (exact) mass is 426 g/mol. The molecule has 2 rings (SSSR count). The van der Waals surface area contributed by atoms with Crippen LogP contribution < -0.4 is 0 Å². The van der Waals surface area contributed by atoms with Crippen LogP contribution in [0, 0.1) is 0 Å². The number of ether oxygens (including phenoxy) is 2. The predicted molar refractivity (Wildman–Crippen MR) is 127 cm³/mol. The third-order valence-corrected chi connectivity index (χ3v) is 8.37. The lowest BCUT2D eigenvalue weighted by atomic mass is 10.2. The maximum atomic E-state index is 12.5. The SMILES string of the molecule is CCCCCCOC1=C[SH](CC(=O)C[SH]2C=CC(OCCCCCC)=C2)C=C1. The van der Waals surface area contributed by atoms with Gasteiger partial charge in [0.15, 0.2) is 0 Å². The number of thiol groups is 2. The van der Waals surface area contributed by atoms with E-state index < -0.39 is 21.8 Å². The first-order valence-corrected chi connectivity index (χ1v) is 14.1. The van der Waals surface area contributed by atoms with Gasteiger partial charge >= 0.3 is 0 Å². The van der Waals surface area contributed by atoms with Crippen LogP contribution in [-0.4, -0.2) is 30.5 Å². The molecule has 0 fully saturated rings. The Kier molecular flexibility index (Phi) is 11.6. The molecule has 0 amide bonds. The van der Waals surface area contributed by atoms with Crippen LogP contribution in [0.4, 0.5) is 0 Å². The predicted octanol–water partition coefficient (Wildman–Crippen LogP) is 6.49. The van der Waals surface area contributed by atoms with Gasteiger partial charge in [0, 0.05) is 11.5 Å². The van der Waals surface area contributed by atoms with E-state index in [1.807, 2.05) is 12.2 Å². The Balaban J connectivity index is 1.61. The Morgan fingerprint density at radius 1 is 0.750 bits per heavy atom. The number of hydrogen-bond donors (Lipinski definition) is 2. The standard InChI is InChI=1S/C23H38O3S2/c1-3-5-7-9-13-25-22-11-15-27(19-22)17-21(24)18-28-16-12-23(20-28)26-14-10-8-6-4-2/h11-12,15-16,19-20,27-28H,3-10,13-14,17-18H2,1-2H3. The third-order valence-electron chi connectivity index (χ3n) is 4.70. The molecule has 0 aliphatic carbocycles. The van der Waals surface area contributed by atoms with Gasteiger partial charge in [0.1, 0.15) is 17.3 Å². The van der Waals surface area contributed by atoms with E-state index >= 15 is 0 Å². The van der Waals surface area contributed by atoms with Gasteiger partial charge in [0.05, 0.1) is 13.2 Å². The van der Waals surface area contributed by atoms with E-state index in [4.69, 9.17) is 9.47 Å². The highest BCUT2D eigenvalue weighted by molar-refractivity contribution is 8.24. The fourth-order valence-corrected chi connectivity index (χ4v) is 6.53. The molecule has 160 valence electrons. The van der Waals surface area contributed by atoms with Crippen molar-refractivity contribution in [2.75, 3.05) is 24.7 Å². The van der Waals surface area contributed by atoms with Crippen molar-refractivity contribution >= 4 is 27.6 Å². The van der Waals surface area contributed by atoms with Crippen molar-refractivity contribution in [2.24, 2.45) is 0 Å². The van der Waals surface area contributed by atoms with Crippen LogP contribution in [0.1, 0.15) is 65.2 Å². The molecule has 2 atom stereocenters. The van der Waals surface area contributed by atoms with Gasteiger partial charge in [-0.1, -0.05) is 52.4 Å². The smallest absolute Gasteiger partial charge is 0.150 e. The van der Waals surface area contributed by atoms with Crippen molar-refractivity contribution in [1.29, 1.82) is 0 Å². The van der Waals surface area contributed by atoms with Crippen LogP contribution in [0.15, 0.2) is 45.3 Å². The molecule has 5 heteroatoms. The largest absolute Gasteiger partial charge is 0.493 e. The summed E-state index contributed by atoms with van der Waals surface area (Å²) >= 11 is 0. The van der Waals surface area contributed by atoms with E-state index in [9.17, 15) is 4.79 Å². The van der Waals surface area contributed by atoms with Gasteiger partial charge in [-0.15, -0.1) is 0 Å². The fraction of sp³-hybridized carbons (Fsp3) is 0.609. The number of rotatable bonds is 16. The molecule has 0 N–H and O–H groups in total. The van der Waals surface area contributed by atoms with Crippen LogP contribution in [0.25, 0.3) is 0 Å². The minimum Gasteiger partial charge on any atom is -0.493 e.